The van der Waals surface area contributed by atoms with Crippen molar-refractivity contribution in [1.82, 2.24) is 0 Å². The van der Waals surface area contributed by atoms with E-state index < -0.39 is 12.9 Å². The van der Waals surface area contributed by atoms with Gasteiger partial charge in [-0.05, 0) is 19.7 Å². The topological polar surface area (TPSA) is 46.1 Å². The first-order valence-electron chi connectivity index (χ1n) is 1.50. The van der Waals surface area contributed by atoms with Gasteiger partial charge in [0.25, 0.3) is 0 Å². The molecule has 0 bridgehead atoms. The second-order valence-corrected chi connectivity index (χ2v) is 18.4. The van der Waals surface area contributed by atoms with Gasteiger partial charge in [-0.1, -0.05) is 57.7 Å². The molecule has 2 nitrogen and oxygen atoms in total. The SMILES string of the molecule is [K+].[K+].[O-]S(=S)(=S)SSS([O-])(=S)=S. The molecule has 0 aliphatic carbocycles. The molecule has 12 heteroatoms. The van der Waals surface area contributed by atoms with Crippen LogP contribution in [0, 0.1) is 0 Å². The predicted molar refractivity (Wildman–Crippen MR) is 60.9 cm³/mol. The molecule has 0 N–H and O–H groups in total. The number of rotatable bonds is 3. The van der Waals surface area contributed by atoms with Crippen LogP contribution in [0.2, 0.25) is 0 Å². The van der Waals surface area contributed by atoms with Crippen LogP contribution in [0.25, 0.3) is 0 Å². The van der Waals surface area contributed by atoms with Gasteiger partial charge in [-0.25, -0.2) is 0 Å². The molecule has 62 valence electrons. The molecule has 0 spiro atoms. The molecule has 0 rings (SSSR count). The summed E-state index contributed by atoms with van der Waals surface area (Å²) in [5.41, 5.74) is 0. The Morgan fingerprint density at radius 1 is 0.750 bits per heavy atom. The first-order valence-corrected chi connectivity index (χ1v) is 11.5. The van der Waals surface area contributed by atoms with Gasteiger partial charge < -0.3 is 9.11 Å². The van der Waals surface area contributed by atoms with Gasteiger partial charge in [-0.15, -0.1) is 0 Å². The molecule has 0 aromatic heterocycles. The van der Waals surface area contributed by atoms with Crippen molar-refractivity contribution in [2.45, 2.75) is 0 Å². The average molecular weight is 367 g/mol. The Morgan fingerprint density at radius 2 is 0.917 bits per heavy atom. The summed E-state index contributed by atoms with van der Waals surface area (Å²) in [5.74, 6) is 0. The number of hydrogen-bond acceptors (Lipinski definition) is 8. The summed E-state index contributed by atoms with van der Waals surface area (Å²) in [4.78, 5) is 0. The van der Waals surface area contributed by atoms with Crippen LogP contribution in [0.15, 0.2) is 0 Å². The van der Waals surface area contributed by atoms with E-state index in [4.69, 9.17) is 0 Å². The summed E-state index contributed by atoms with van der Waals surface area (Å²) in [5, 5.41) is 0. The van der Waals surface area contributed by atoms with Gasteiger partial charge >= 0.3 is 103 Å². The van der Waals surface area contributed by atoms with Gasteiger partial charge in [0, 0.05) is 0 Å². The molecule has 0 amide bonds. The molecule has 0 fully saturated rings. The second kappa shape index (κ2) is 10.4. The molecule has 12 heavy (non-hydrogen) atoms. The Bertz CT molecular complexity index is 251. The Labute approximate surface area is 183 Å². The van der Waals surface area contributed by atoms with Crippen molar-refractivity contribution in [3.05, 3.63) is 0 Å². The van der Waals surface area contributed by atoms with Crippen LogP contribution in [-0.4, -0.2) is 9.11 Å². The monoisotopic (exact) mass is 366 g/mol. The van der Waals surface area contributed by atoms with E-state index in [-0.39, 0.29) is 103 Å². The van der Waals surface area contributed by atoms with E-state index in [1.807, 2.05) is 0 Å². The molecule has 0 aromatic rings. The fourth-order valence-corrected chi connectivity index (χ4v) is 12.9. The van der Waals surface area contributed by atoms with Crippen LogP contribution in [0.4, 0.5) is 0 Å². The molecule has 0 aliphatic rings. The van der Waals surface area contributed by atoms with Crippen molar-refractivity contribution < 1.29 is 112 Å². The van der Waals surface area contributed by atoms with E-state index in [1.165, 1.54) is 0 Å². The molecule has 0 aliphatic heterocycles. The van der Waals surface area contributed by atoms with Crippen molar-refractivity contribution in [3.63, 3.8) is 0 Å². The van der Waals surface area contributed by atoms with Crippen LogP contribution in [0.3, 0.4) is 0 Å². The zero-order valence-electron chi connectivity index (χ0n) is 6.08. The quantitative estimate of drug-likeness (QED) is 0.362. The van der Waals surface area contributed by atoms with Gasteiger partial charge in [0.1, 0.15) is 0 Å². The van der Waals surface area contributed by atoms with Gasteiger partial charge in [0.15, 0.2) is 0 Å². The summed E-state index contributed by atoms with van der Waals surface area (Å²) in [6.07, 6.45) is 0. The second-order valence-electron chi connectivity index (χ2n) is 0.953. The molecular weight excluding hydrogens is 367 g/mol. The number of hydrogen-bond donors (Lipinski definition) is 0. The first-order chi connectivity index (χ1) is 4.21. The van der Waals surface area contributed by atoms with Crippen molar-refractivity contribution >= 4 is 77.3 Å². The standard InChI is InChI=1S/2K.H2O2S8/c;;1-9(3,4)7-8-10(2,5)6/h;;(H,1,3,4)(H,2,5,6)/q2*+1;/p-2. The van der Waals surface area contributed by atoms with Gasteiger partial charge in [-0.3, -0.25) is 0 Å². The maximum atomic E-state index is 10.6. The minimum atomic E-state index is -2.77. The van der Waals surface area contributed by atoms with Gasteiger partial charge in [0.05, 0.1) is 0 Å². The molecule has 0 atom stereocenters. The smallest absolute Gasteiger partial charge is 0.782 e. The van der Waals surface area contributed by atoms with E-state index in [0.29, 0.717) is 19.7 Å². The Kier molecular flexibility index (Phi) is 19.6. The zero-order valence-corrected chi connectivity index (χ0v) is 18.9. The van der Waals surface area contributed by atoms with Crippen molar-refractivity contribution in [1.29, 1.82) is 0 Å². The Balaban J connectivity index is -0.000000405. The van der Waals surface area contributed by atoms with E-state index >= 15 is 0 Å². The van der Waals surface area contributed by atoms with Gasteiger partial charge in [-0.2, -0.15) is 0 Å². The average Bonchev–Trinajstić information content (AvgIpc) is 1.57. The van der Waals surface area contributed by atoms with Crippen LogP contribution in [0.1, 0.15) is 0 Å². The third kappa shape index (κ3) is 20.8. The summed E-state index contributed by atoms with van der Waals surface area (Å²) >= 11 is 17.3. The van der Waals surface area contributed by atoms with Crippen LogP contribution >= 0.6 is 19.7 Å². The third-order valence-electron chi connectivity index (χ3n) is 0.194. The normalized spacial score (nSPS) is 11.2. The van der Waals surface area contributed by atoms with E-state index in [9.17, 15) is 9.11 Å². The van der Waals surface area contributed by atoms with Crippen LogP contribution in [-0.2, 0) is 57.7 Å². The molecule has 0 radical (unpaired) electrons. The molecule has 0 saturated heterocycles. The Morgan fingerprint density at radius 3 is 1.00 bits per heavy atom. The largest absolute Gasteiger partial charge is 1.00 e. The maximum absolute atomic E-state index is 10.6. The Hall–Kier alpha value is 5.47. The summed E-state index contributed by atoms with van der Waals surface area (Å²) < 4.78 is 21.2. The molecular formula is K2O2S8. The van der Waals surface area contributed by atoms with Crippen molar-refractivity contribution in [2.75, 3.05) is 0 Å². The van der Waals surface area contributed by atoms with Crippen molar-refractivity contribution in [2.24, 2.45) is 0 Å². The summed E-state index contributed by atoms with van der Waals surface area (Å²) in [6.45, 7) is -5.55. The van der Waals surface area contributed by atoms with Gasteiger partial charge in [0.2, 0.25) is 0 Å². The van der Waals surface area contributed by atoms with E-state index in [2.05, 4.69) is 44.8 Å². The summed E-state index contributed by atoms with van der Waals surface area (Å²) in [6, 6.07) is 0. The third-order valence-corrected chi connectivity index (χ3v) is 12.7. The van der Waals surface area contributed by atoms with Crippen molar-refractivity contribution in [3.8, 4) is 0 Å². The van der Waals surface area contributed by atoms with Crippen LogP contribution < -0.4 is 103 Å². The zero-order chi connectivity index (χ0) is 8.41. The molecule has 0 heterocycles. The van der Waals surface area contributed by atoms with E-state index in [0.717, 1.165) is 0 Å². The molecule has 0 aromatic carbocycles. The minimum Gasteiger partial charge on any atom is -0.782 e. The fourth-order valence-electron chi connectivity index (χ4n) is 0.0680. The minimum absolute atomic E-state index is 0. The predicted octanol–water partition coefficient (Wildman–Crippen LogP) is -5.38. The summed E-state index contributed by atoms with van der Waals surface area (Å²) in [7, 11) is 1.26. The first kappa shape index (κ1) is 22.6. The molecule has 0 saturated carbocycles. The maximum Gasteiger partial charge on any atom is 1.00 e. The van der Waals surface area contributed by atoms with E-state index in [1.54, 1.807) is 0 Å². The van der Waals surface area contributed by atoms with Crippen LogP contribution in [0.5, 0.6) is 0 Å². The fraction of sp³-hybridized carbons (Fsp3) is 0. The molecule has 0 unspecified atom stereocenters.